The molecule has 5 nitrogen and oxygen atoms in total. The summed E-state index contributed by atoms with van der Waals surface area (Å²) in [5.41, 5.74) is 2.19. The lowest BCUT2D eigenvalue weighted by atomic mass is 9.95. The summed E-state index contributed by atoms with van der Waals surface area (Å²) in [6.07, 6.45) is 2.03. The van der Waals surface area contributed by atoms with Crippen LogP contribution in [0.5, 0.6) is 5.75 Å². The van der Waals surface area contributed by atoms with Crippen molar-refractivity contribution in [3.8, 4) is 5.75 Å². The molecule has 25 heavy (non-hydrogen) atoms. The number of nitro groups is 1. The maximum Gasteiger partial charge on any atom is 0.270 e. The van der Waals surface area contributed by atoms with Crippen molar-refractivity contribution in [2.24, 2.45) is 0 Å². The van der Waals surface area contributed by atoms with Crippen LogP contribution >= 0.6 is 0 Å². The van der Waals surface area contributed by atoms with Gasteiger partial charge in [0.2, 0.25) is 0 Å². The molecule has 5 heteroatoms. The molecule has 4 aromatic rings. The number of phenolic OH excluding ortho intramolecular Hbond substituents is 1. The largest absolute Gasteiger partial charge is 0.508 e. The number of benzene rings is 3. The van der Waals surface area contributed by atoms with E-state index in [2.05, 4.69) is 4.98 Å². The Morgan fingerprint density at radius 1 is 1.00 bits per heavy atom. The Balaban J connectivity index is 1.95. The number of aromatic hydroxyl groups is 1. The smallest absolute Gasteiger partial charge is 0.270 e. The fourth-order valence-electron chi connectivity index (χ4n) is 3.19. The van der Waals surface area contributed by atoms with E-state index in [1.165, 1.54) is 12.1 Å². The second-order valence-electron chi connectivity index (χ2n) is 5.90. The van der Waals surface area contributed by atoms with E-state index in [-0.39, 0.29) is 11.4 Å². The Kier molecular flexibility index (Phi) is 3.54. The quantitative estimate of drug-likeness (QED) is 0.440. The minimum atomic E-state index is -0.404. The molecule has 0 radical (unpaired) electrons. The summed E-state index contributed by atoms with van der Waals surface area (Å²) in [7, 11) is 0. The molecule has 1 aromatic heterocycles. The van der Waals surface area contributed by atoms with Crippen molar-refractivity contribution in [3.05, 3.63) is 88.1 Å². The zero-order valence-corrected chi connectivity index (χ0v) is 13.2. The number of pyridine rings is 1. The second kappa shape index (κ2) is 5.87. The van der Waals surface area contributed by atoms with Crippen molar-refractivity contribution in [1.82, 2.24) is 4.98 Å². The van der Waals surface area contributed by atoms with Gasteiger partial charge in [-0.3, -0.25) is 15.1 Å². The van der Waals surface area contributed by atoms with Gasteiger partial charge >= 0.3 is 0 Å². The molecule has 0 atom stereocenters. The molecular weight excluding hydrogens is 316 g/mol. The molecule has 4 rings (SSSR count). The SMILES string of the molecule is O=[N+]([O-])c1cc(Cc2c(O)ccc3ccccc23)c2ncccc2c1. The highest BCUT2D eigenvalue weighted by Gasteiger charge is 2.15. The molecule has 0 aliphatic heterocycles. The van der Waals surface area contributed by atoms with Crippen LogP contribution in [0.3, 0.4) is 0 Å². The number of rotatable bonds is 3. The Labute approximate surface area is 143 Å². The highest BCUT2D eigenvalue weighted by Crippen LogP contribution is 2.32. The van der Waals surface area contributed by atoms with Crippen molar-refractivity contribution in [2.75, 3.05) is 0 Å². The summed E-state index contributed by atoms with van der Waals surface area (Å²) in [5.74, 6) is 0.175. The summed E-state index contributed by atoms with van der Waals surface area (Å²) in [6, 6.07) is 17.9. The minimum absolute atomic E-state index is 0.0234. The molecule has 0 aliphatic carbocycles. The Hall–Kier alpha value is -3.47. The fourth-order valence-corrected chi connectivity index (χ4v) is 3.19. The van der Waals surface area contributed by atoms with E-state index >= 15 is 0 Å². The minimum Gasteiger partial charge on any atom is -0.508 e. The van der Waals surface area contributed by atoms with Gasteiger partial charge in [0.15, 0.2) is 0 Å². The van der Waals surface area contributed by atoms with Crippen molar-refractivity contribution in [2.45, 2.75) is 6.42 Å². The van der Waals surface area contributed by atoms with Gasteiger partial charge < -0.3 is 5.11 Å². The summed E-state index contributed by atoms with van der Waals surface area (Å²) in [6.45, 7) is 0. The van der Waals surface area contributed by atoms with E-state index in [0.717, 1.165) is 21.9 Å². The van der Waals surface area contributed by atoms with Crippen LogP contribution in [-0.2, 0) is 6.42 Å². The van der Waals surface area contributed by atoms with Gasteiger partial charge in [0.1, 0.15) is 5.75 Å². The predicted octanol–water partition coefficient (Wildman–Crippen LogP) is 4.59. The third-order valence-corrected chi connectivity index (χ3v) is 4.36. The Morgan fingerprint density at radius 3 is 2.64 bits per heavy atom. The maximum atomic E-state index is 11.3. The predicted molar refractivity (Wildman–Crippen MR) is 96.8 cm³/mol. The number of phenols is 1. The van der Waals surface area contributed by atoms with Crippen LogP contribution in [0.25, 0.3) is 21.7 Å². The highest BCUT2D eigenvalue weighted by atomic mass is 16.6. The van der Waals surface area contributed by atoms with Crippen molar-refractivity contribution in [1.29, 1.82) is 0 Å². The van der Waals surface area contributed by atoms with Crippen LogP contribution in [0.1, 0.15) is 11.1 Å². The van der Waals surface area contributed by atoms with E-state index in [1.54, 1.807) is 18.3 Å². The van der Waals surface area contributed by atoms with Gasteiger partial charge in [-0.05, 0) is 28.5 Å². The number of nitrogens with zero attached hydrogens (tertiary/aromatic N) is 2. The van der Waals surface area contributed by atoms with Crippen molar-refractivity contribution >= 4 is 27.4 Å². The standard InChI is InChI=1S/C20H14N2O3/c23-19-8-7-13-4-1-2-6-17(13)18(19)12-15-11-16(22(24)25)10-14-5-3-9-21-20(14)15/h1-11,23H,12H2. The van der Waals surface area contributed by atoms with E-state index in [4.69, 9.17) is 0 Å². The van der Waals surface area contributed by atoms with Crippen molar-refractivity contribution in [3.63, 3.8) is 0 Å². The molecule has 0 bridgehead atoms. The lowest BCUT2D eigenvalue weighted by Crippen LogP contribution is -1.97. The highest BCUT2D eigenvalue weighted by molar-refractivity contribution is 5.90. The number of hydrogen-bond acceptors (Lipinski definition) is 4. The first kappa shape index (κ1) is 15.1. The molecule has 0 saturated carbocycles. The molecule has 0 aliphatic rings. The molecule has 0 unspecified atom stereocenters. The van der Waals surface area contributed by atoms with Gasteiger partial charge in [-0.1, -0.05) is 36.4 Å². The van der Waals surface area contributed by atoms with Crippen LogP contribution in [0.4, 0.5) is 5.69 Å². The number of non-ortho nitro benzene ring substituents is 1. The number of aromatic nitrogens is 1. The molecule has 0 saturated heterocycles. The van der Waals surface area contributed by atoms with Crippen LogP contribution in [-0.4, -0.2) is 15.0 Å². The van der Waals surface area contributed by atoms with Gasteiger partial charge in [-0.25, -0.2) is 0 Å². The van der Waals surface area contributed by atoms with E-state index in [1.807, 2.05) is 36.4 Å². The fraction of sp³-hybridized carbons (Fsp3) is 0.0500. The topological polar surface area (TPSA) is 76.3 Å². The molecule has 0 amide bonds. The van der Waals surface area contributed by atoms with Gasteiger partial charge in [-0.15, -0.1) is 0 Å². The third-order valence-electron chi connectivity index (χ3n) is 4.36. The van der Waals surface area contributed by atoms with Gasteiger partial charge in [0.25, 0.3) is 5.69 Å². The summed E-state index contributed by atoms with van der Waals surface area (Å²) in [4.78, 5) is 15.2. The average Bonchev–Trinajstić information content (AvgIpc) is 2.63. The van der Waals surface area contributed by atoms with E-state index < -0.39 is 4.92 Å². The lowest BCUT2D eigenvalue weighted by Gasteiger charge is -2.11. The third kappa shape index (κ3) is 2.65. The first-order valence-corrected chi connectivity index (χ1v) is 7.85. The van der Waals surface area contributed by atoms with E-state index in [9.17, 15) is 15.2 Å². The molecular formula is C20H14N2O3. The van der Waals surface area contributed by atoms with Gasteiger partial charge in [0.05, 0.1) is 10.4 Å². The zero-order chi connectivity index (χ0) is 17.4. The number of nitro benzene ring substituents is 1. The van der Waals surface area contributed by atoms with Crippen molar-refractivity contribution < 1.29 is 10.0 Å². The van der Waals surface area contributed by atoms with Crippen LogP contribution in [0.2, 0.25) is 0 Å². The molecule has 0 fully saturated rings. The average molecular weight is 330 g/mol. The molecule has 1 heterocycles. The van der Waals surface area contributed by atoms with Crippen LogP contribution < -0.4 is 0 Å². The zero-order valence-electron chi connectivity index (χ0n) is 13.2. The summed E-state index contributed by atoms with van der Waals surface area (Å²) in [5, 5.41) is 24.3. The van der Waals surface area contributed by atoms with Gasteiger partial charge in [0, 0.05) is 35.7 Å². The Bertz CT molecular complexity index is 1120. The summed E-state index contributed by atoms with van der Waals surface area (Å²) < 4.78 is 0. The molecule has 122 valence electrons. The van der Waals surface area contributed by atoms with Gasteiger partial charge in [-0.2, -0.15) is 0 Å². The molecule has 1 N–H and O–H groups in total. The monoisotopic (exact) mass is 330 g/mol. The van der Waals surface area contributed by atoms with Crippen LogP contribution in [0, 0.1) is 10.1 Å². The first-order chi connectivity index (χ1) is 12.1. The van der Waals surface area contributed by atoms with Crippen LogP contribution in [0.15, 0.2) is 66.9 Å². The molecule has 3 aromatic carbocycles. The Morgan fingerprint density at radius 2 is 1.80 bits per heavy atom. The normalized spacial score (nSPS) is 11.0. The first-order valence-electron chi connectivity index (χ1n) is 7.85. The summed E-state index contributed by atoms with van der Waals surface area (Å²) >= 11 is 0. The molecule has 0 spiro atoms. The maximum absolute atomic E-state index is 11.3. The number of hydrogen-bond donors (Lipinski definition) is 1. The second-order valence-corrected chi connectivity index (χ2v) is 5.90. The van der Waals surface area contributed by atoms with E-state index in [0.29, 0.717) is 17.3 Å². The number of fused-ring (bicyclic) bond motifs is 2. The lowest BCUT2D eigenvalue weighted by molar-refractivity contribution is -0.384.